The third-order valence-corrected chi connectivity index (χ3v) is 2.72. The molecular formula is C11H12ClNO2. The van der Waals surface area contributed by atoms with Crippen molar-refractivity contribution in [3.63, 3.8) is 0 Å². The lowest BCUT2D eigenvalue weighted by Crippen LogP contribution is -2.08. The fourth-order valence-corrected chi connectivity index (χ4v) is 1.73. The molecule has 0 aliphatic carbocycles. The molecular weight excluding hydrogens is 214 g/mol. The standard InChI is InChI=1S/C11H12ClNO2/c1-13-9-7-8(3-2-6-12)4-5-10(9)15-11(13)14/h4-5,7H,2-3,6H2,1H3. The second-order valence-corrected chi connectivity index (χ2v) is 3.90. The number of benzene rings is 1. The average molecular weight is 226 g/mol. The van der Waals surface area contributed by atoms with Crippen LogP contribution in [0.1, 0.15) is 12.0 Å². The van der Waals surface area contributed by atoms with Gasteiger partial charge >= 0.3 is 5.76 Å². The van der Waals surface area contributed by atoms with Crippen LogP contribution in [0.5, 0.6) is 0 Å². The summed E-state index contributed by atoms with van der Waals surface area (Å²) in [6, 6.07) is 5.78. The fraction of sp³-hybridized carbons (Fsp3) is 0.364. The lowest BCUT2D eigenvalue weighted by atomic mass is 10.1. The van der Waals surface area contributed by atoms with Crippen molar-refractivity contribution in [2.24, 2.45) is 7.05 Å². The van der Waals surface area contributed by atoms with Crippen LogP contribution < -0.4 is 5.76 Å². The minimum Gasteiger partial charge on any atom is -0.408 e. The van der Waals surface area contributed by atoms with Gasteiger partial charge in [0.25, 0.3) is 0 Å². The summed E-state index contributed by atoms with van der Waals surface area (Å²) in [6.07, 6.45) is 1.87. The van der Waals surface area contributed by atoms with Crippen LogP contribution in [0.3, 0.4) is 0 Å². The Labute approximate surface area is 92.3 Å². The van der Waals surface area contributed by atoms with Gasteiger partial charge in [0.1, 0.15) is 0 Å². The van der Waals surface area contributed by atoms with Crippen LogP contribution in [-0.4, -0.2) is 10.4 Å². The third-order valence-electron chi connectivity index (χ3n) is 2.45. The van der Waals surface area contributed by atoms with E-state index < -0.39 is 0 Å². The molecule has 0 bridgehead atoms. The number of alkyl halides is 1. The minimum absolute atomic E-state index is 0.320. The molecule has 0 spiro atoms. The van der Waals surface area contributed by atoms with E-state index in [1.54, 1.807) is 7.05 Å². The first kappa shape index (κ1) is 10.3. The smallest absolute Gasteiger partial charge is 0.408 e. The van der Waals surface area contributed by atoms with Crippen molar-refractivity contribution in [2.45, 2.75) is 12.8 Å². The Bertz CT molecular complexity index is 527. The van der Waals surface area contributed by atoms with E-state index >= 15 is 0 Å². The Balaban J connectivity index is 2.45. The Hall–Kier alpha value is -1.22. The first-order chi connectivity index (χ1) is 7.22. The molecule has 0 aliphatic heterocycles. The van der Waals surface area contributed by atoms with Crippen LogP contribution in [0.25, 0.3) is 11.1 Å². The van der Waals surface area contributed by atoms with E-state index in [-0.39, 0.29) is 5.76 Å². The summed E-state index contributed by atoms with van der Waals surface area (Å²) in [7, 11) is 1.71. The van der Waals surface area contributed by atoms with Crippen molar-refractivity contribution in [3.05, 3.63) is 34.3 Å². The van der Waals surface area contributed by atoms with Gasteiger partial charge in [-0.3, -0.25) is 4.57 Å². The van der Waals surface area contributed by atoms with Crippen molar-refractivity contribution in [2.75, 3.05) is 5.88 Å². The zero-order chi connectivity index (χ0) is 10.8. The second-order valence-electron chi connectivity index (χ2n) is 3.52. The maximum atomic E-state index is 11.2. The van der Waals surface area contributed by atoms with Crippen LogP contribution in [0.15, 0.2) is 27.4 Å². The molecule has 80 valence electrons. The molecule has 0 aliphatic rings. The Morgan fingerprint density at radius 3 is 3.00 bits per heavy atom. The molecule has 2 aromatic rings. The maximum absolute atomic E-state index is 11.2. The van der Waals surface area contributed by atoms with Gasteiger partial charge in [-0.05, 0) is 30.5 Å². The van der Waals surface area contributed by atoms with Crippen molar-refractivity contribution >= 4 is 22.7 Å². The van der Waals surface area contributed by atoms with E-state index in [2.05, 4.69) is 0 Å². The van der Waals surface area contributed by atoms with E-state index in [1.807, 2.05) is 18.2 Å². The Morgan fingerprint density at radius 2 is 2.27 bits per heavy atom. The molecule has 4 heteroatoms. The number of aromatic nitrogens is 1. The maximum Gasteiger partial charge on any atom is 0.419 e. The number of hydrogen-bond donors (Lipinski definition) is 0. The summed E-state index contributed by atoms with van der Waals surface area (Å²) in [6.45, 7) is 0. The van der Waals surface area contributed by atoms with Crippen molar-refractivity contribution in [1.29, 1.82) is 0 Å². The number of halogens is 1. The number of nitrogens with zero attached hydrogens (tertiary/aromatic N) is 1. The van der Waals surface area contributed by atoms with Gasteiger partial charge in [0.15, 0.2) is 5.58 Å². The first-order valence-electron chi connectivity index (χ1n) is 4.87. The third kappa shape index (κ3) is 1.92. The highest BCUT2D eigenvalue weighted by Gasteiger charge is 2.05. The quantitative estimate of drug-likeness (QED) is 0.752. The minimum atomic E-state index is -0.320. The second kappa shape index (κ2) is 4.11. The van der Waals surface area contributed by atoms with Crippen LogP contribution in [-0.2, 0) is 13.5 Å². The molecule has 0 atom stereocenters. The highest BCUT2D eigenvalue weighted by Crippen LogP contribution is 2.15. The van der Waals surface area contributed by atoms with Crippen molar-refractivity contribution in [1.82, 2.24) is 4.57 Å². The number of fused-ring (bicyclic) bond motifs is 1. The van der Waals surface area contributed by atoms with Crippen molar-refractivity contribution in [3.8, 4) is 0 Å². The number of hydrogen-bond acceptors (Lipinski definition) is 2. The molecule has 0 saturated carbocycles. The predicted molar refractivity (Wildman–Crippen MR) is 60.5 cm³/mol. The van der Waals surface area contributed by atoms with Gasteiger partial charge in [0, 0.05) is 12.9 Å². The Kier molecular flexibility index (Phi) is 2.82. The summed E-state index contributed by atoms with van der Waals surface area (Å²) in [4.78, 5) is 11.2. The fourth-order valence-electron chi connectivity index (χ4n) is 1.60. The lowest BCUT2D eigenvalue weighted by molar-refractivity contribution is 0.528. The molecule has 0 N–H and O–H groups in total. The highest BCUT2D eigenvalue weighted by atomic mass is 35.5. The average Bonchev–Trinajstić information content (AvgIpc) is 2.52. The predicted octanol–water partition coefficient (Wildman–Crippen LogP) is 2.30. The molecule has 3 nitrogen and oxygen atoms in total. The molecule has 0 saturated heterocycles. The van der Waals surface area contributed by atoms with E-state index in [0.29, 0.717) is 11.5 Å². The molecule has 0 unspecified atom stereocenters. The van der Waals surface area contributed by atoms with Crippen LogP contribution in [0.2, 0.25) is 0 Å². The molecule has 0 fully saturated rings. The summed E-state index contributed by atoms with van der Waals surface area (Å²) < 4.78 is 6.55. The summed E-state index contributed by atoms with van der Waals surface area (Å²) in [5.74, 6) is 0.335. The zero-order valence-corrected chi connectivity index (χ0v) is 9.25. The van der Waals surface area contributed by atoms with E-state index in [0.717, 1.165) is 18.4 Å². The van der Waals surface area contributed by atoms with Gasteiger partial charge in [-0.25, -0.2) is 4.79 Å². The van der Waals surface area contributed by atoms with Crippen LogP contribution >= 0.6 is 11.6 Å². The summed E-state index contributed by atoms with van der Waals surface area (Å²) >= 11 is 5.63. The van der Waals surface area contributed by atoms with Gasteiger partial charge in [-0.15, -0.1) is 11.6 Å². The monoisotopic (exact) mass is 225 g/mol. The number of rotatable bonds is 3. The SMILES string of the molecule is Cn1c(=O)oc2ccc(CCCCl)cc21. The van der Waals surface area contributed by atoms with Crippen LogP contribution in [0.4, 0.5) is 0 Å². The van der Waals surface area contributed by atoms with Crippen LogP contribution in [0, 0.1) is 0 Å². The van der Waals surface area contributed by atoms with Gasteiger partial charge in [-0.2, -0.15) is 0 Å². The zero-order valence-electron chi connectivity index (χ0n) is 8.50. The lowest BCUT2D eigenvalue weighted by Gasteiger charge is -1.99. The van der Waals surface area contributed by atoms with Gasteiger partial charge in [-0.1, -0.05) is 6.07 Å². The van der Waals surface area contributed by atoms with Gasteiger partial charge in [0.2, 0.25) is 0 Å². The van der Waals surface area contributed by atoms with E-state index in [9.17, 15) is 4.79 Å². The Morgan fingerprint density at radius 1 is 1.47 bits per heavy atom. The summed E-state index contributed by atoms with van der Waals surface area (Å²) in [5.41, 5.74) is 2.66. The first-order valence-corrected chi connectivity index (χ1v) is 5.40. The number of aryl methyl sites for hydroxylation is 2. The van der Waals surface area contributed by atoms with Crippen molar-refractivity contribution < 1.29 is 4.42 Å². The summed E-state index contributed by atoms with van der Waals surface area (Å²) in [5, 5.41) is 0. The van der Waals surface area contributed by atoms with Gasteiger partial charge in [0.05, 0.1) is 5.52 Å². The molecule has 2 rings (SSSR count). The van der Waals surface area contributed by atoms with Gasteiger partial charge < -0.3 is 4.42 Å². The highest BCUT2D eigenvalue weighted by molar-refractivity contribution is 6.17. The number of oxazole rings is 1. The molecule has 1 aromatic heterocycles. The largest absolute Gasteiger partial charge is 0.419 e. The normalized spacial score (nSPS) is 11.1. The molecule has 0 radical (unpaired) electrons. The molecule has 0 amide bonds. The van der Waals surface area contributed by atoms with E-state index in [1.165, 1.54) is 10.1 Å². The topological polar surface area (TPSA) is 35.1 Å². The molecule has 15 heavy (non-hydrogen) atoms. The van der Waals surface area contributed by atoms with E-state index in [4.69, 9.17) is 16.0 Å². The molecule has 1 aromatic carbocycles. The molecule has 1 heterocycles.